The van der Waals surface area contributed by atoms with Crippen molar-refractivity contribution in [1.29, 1.82) is 0 Å². The molecule has 30 heavy (non-hydrogen) atoms. The van der Waals surface area contributed by atoms with Crippen LogP contribution < -0.4 is 20.5 Å². The highest BCUT2D eigenvalue weighted by molar-refractivity contribution is 5.92. The lowest BCUT2D eigenvalue weighted by atomic mass is 10.0. The molecule has 4 N–H and O–H groups in total. The van der Waals surface area contributed by atoms with Gasteiger partial charge < -0.3 is 25.6 Å². The van der Waals surface area contributed by atoms with E-state index in [1.807, 2.05) is 24.3 Å². The van der Waals surface area contributed by atoms with Crippen LogP contribution in [-0.2, 0) is 13.1 Å². The van der Waals surface area contributed by atoms with Gasteiger partial charge in [0.05, 0.1) is 25.9 Å². The molecule has 1 fully saturated rings. The fourth-order valence-corrected chi connectivity index (χ4v) is 3.78. The van der Waals surface area contributed by atoms with Gasteiger partial charge in [-0.15, -0.1) is 0 Å². The number of fused-ring (bicyclic) bond motifs is 1. The molecule has 2 aromatic carbocycles. The van der Waals surface area contributed by atoms with Gasteiger partial charge in [0.15, 0.2) is 17.5 Å². The number of ether oxygens (including phenoxy) is 2. The third-order valence-corrected chi connectivity index (χ3v) is 5.51. The number of nitrogens with zero attached hydrogens (tertiary/aromatic N) is 2. The van der Waals surface area contributed by atoms with Gasteiger partial charge in [0.1, 0.15) is 0 Å². The van der Waals surface area contributed by atoms with Gasteiger partial charge in [0, 0.05) is 37.8 Å². The van der Waals surface area contributed by atoms with E-state index in [1.54, 1.807) is 0 Å². The first-order chi connectivity index (χ1) is 14.7. The van der Waals surface area contributed by atoms with Gasteiger partial charge in [-0.3, -0.25) is 4.90 Å². The molecular weight excluding hydrogens is 380 g/mol. The molecule has 0 unspecified atom stereocenters. The van der Waals surface area contributed by atoms with Crippen molar-refractivity contribution in [2.75, 3.05) is 31.6 Å². The predicted octanol–water partition coefficient (Wildman–Crippen LogP) is 2.73. The minimum atomic E-state index is -0.156. The third-order valence-electron chi connectivity index (χ3n) is 5.51. The summed E-state index contributed by atoms with van der Waals surface area (Å²) < 4.78 is 11.4. The van der Waals surface area contributed by atoms with Crippen molar-refractivity contribution in [2.24, 2.45) is 10.7 Å². The van der Waals surface area contributed by atoms with Crippen molar-refractivity contribution in [3.8, 4) is 11.5 Å². The number of nitrogens with one attached hydrogen (secondary N) is 1. The van der Waals surface area contributed by atoms with Gasteiger partial charge in [-0.1, -0.05) is 24.3 Å². The lowest BCUT2D eigenvalue weighted by Gasteiger charge is -2.30. The molecule has 2 heterocycles. The van der Waals surface area contributed by atoms with E-state index in [9.17, 15) is 5.11 Å². The highest BCUT2D eigenvalue weighted by atomic mass is 16.5. The summed E-state index contributed by atoms with van der Waals surface area (Å²) in [6.07, 6.45) is 2.40. The average Bonchev–Trinajstić information content (AvgIpc) is 3.00. The Balaban J connectivity index is 1.38. The maximum absolute atomic E-state index is 9.71. The molecule has 0 amide bonds. The summed E-state index contributed by atoms with van der Waals surface area (Å²) in [5.74, 6) is 1.84. The van der Waals surface area contributed by atoms with Crippen molar-refractivity contribution in [1.82, 2.24) is 4.90 Å². The average molecular weight is 411 g/mol. The topological polar surface area (TPSA) is 92.3 Å². The standard InChI is InChI=1S/C23H30N4O3/c24-23(26-19-6-7-21-22(14-19)30-13-3-12-29-21)25-15-17-4-1-2-5-18(17)16-27-10-8-20(28)9-11-27/h1-2,4-7,14,20,28H,3,8-13,15-16H2,(H3,24,25,26). The van der Waals surface area contributed by atoms with E-state index in [0.717, 1.165) is 61.6 Å². The minimum Gasteiger partial charge on any atom is -0.490 e. The van der Waals surface area contributed by atoms with Crippen LogP contribution in [0.2, 0.25) is 0 Å². The third kappa shape index (κ3) is 5.43. The molecule has 0 spiro atoms. The quantitative estimate of drug-likeness (QED) is 0.519. The van der Waals surface area contributed by atoms with Crippen LogP contribution in [0.25, 0.3) is 0 Å². The van der Waals surface area contributed by atoms with Gasteiger partial charge >= 0.3 is 0 Å². The molecule has 2 aromatic rings. The molecule has 0 aliphatic carbocycles. The van der Waals surface area contributed by atoms with E-state index in [4.69, 9.17) is 15.2 Å². The molecule has 7 heteroatoms. The molecule has 2 aliphatic heterocycles. The number of likely N-dealkylation sites (tertiary alicyclic amines) is 1. The van der Waals surface area contributed by atoms with E-state index < -0.39 is 0 Å². The Kier molecular flexibility index (Phi) is 6.71. The van der Waals surface area contributed by atoms with E-state index in [2.05, 4.69) is 33.4 Å². The molecule has 0 saturated carbocycles. The summed E-state index contributed by atoms with van der Waals surface area (Å²) in [6, 6.07) is 14.0. The molecule has 4 rings (SSSR count). The van der Waals surface area contributed by atoms with E-state index >= 15 is 0 Å². The summed E-state index contributed by atoms with van der Waals surface area (Å²) in [4.78, 5) is 6.92. The summed E-state index contributed by atoms with van der Waals surface area (Å²) >= 11 is 0. The summed E-state index contributed by atoms with van der Waals surface area (Å²) in [7, 11) is 0. The number of aliphatic hydroxyl groups excluding tert-OH is 1. The van der Waals surface area contributed by atoms with E-state index in [1.165, 1.54) is 5.56 Å². The number of benzene rings is 2. The summed E-state index contributed by atoms with van der Waals surface area (Å²) in [5, 5.41) is 12.9. The van der Waals surface area contributed by atoms with Crippen LogP contribution in [0.3, 0.4) is 0 Å². The first-order valence-corrected chi connectivity index (χ1v) is 10.6. The highest BCUT2D eigenvalue weighted by Crippen LogP contribution is 2.32. The zero-order valence-corrected chi connectivity index (χ0v) is 17.2. The van der Waals surface area contributed by atoms with Crippen LogP contribution in [0.15, 0.2) is 47.5 Å². The van der Waals surface area contributed by atoms with Gasteiger partial charge in [-0.25, -0.2) is 4.99 Å². The number of anilines is 1. The number of aliphatic imine (C=N–C) groups is 1. The smallest absolute Gasteiger partial charge is 0.193 e. The molecular formula is C23H30N4O3. The van der Waals surface area contributed by atoms with Crippen LogP contribution in [0.1, 0.15) is 30.4 Å². The van der Waals surface area contributed by atoms with Crippen LogP contribution >= 0.6 is 0 Å². The molecule has 0 bridgehead atoms. The lowest BCUT2D eigenvalue weighted by molar-refractivity contribution is 0.0791. The molecule has 160 valence electrons. The number of aliphatic hydroxyl groups is 1. The van der Waals surface area contributed by atoms with E-state index in [0.29, 0.717) is 25.7 Å². The van der Waals surface area contributed by atoms with Crippen molar-refractivity contribution < 1.29 is 14.6 Å². The number of rotatable bonds is 5. The first kappa shape index (κ1) is 20.5. The second-order valence-electron chi connectivity index (χ2n) is 7.81. The Labute approximate surface area is 177 Å². The second-order valence-corrected chi connectivity index (χ2v) is 7.81. The Morgan fingerprint density at radius 3 is 2.60 bits per heavy atom. The molecule has 1 saturated heterocycles. The Hall–Kier alpha value is -2.77. The first-order valence-electron chi connectivity index (χ1n) is 10.6. The van der Waals surface area contributed by atoms with Crippen molar-refractivity contribution in [3.63, 3.8) is 0 Å². The predicted molar refractivity (Wildman–Crippen MR) is 118 cm³/mol. The fraction of sp³-hybridized carbons (Fsp3) is 0.435. The van der Waals surface area contributed by atoms with Crippen LogP contribution in [0.5, 0.6) is 11.5 Å². The largest absolute Gasteiger partial charge is 0.490 e. The van der Waals surface area contributed by atoms with E-state index in [-0.39, 0.29) is 6.10 Å². The summed E-state index contributed by atoms with van der Waals surface area (Å²) in [6.45, 7) is 4.54. The van der Waals surface area contributed by atoms with Crippen LogP contribution in [-0.4, -0.2) is 48.4 Å². The molecule has 0 radical (unpaired) electrons. The fourth-order valence-electron chi connectivity index (χ4n) is 3.78. The van der Waals surface area contributed by atoms with Gasteiger partial charge in [0.25, 0.3) is 0 Å². The van der Waals surface area contributed by atoms with Crippen molar-refractivity contribution in [2.45, 2.75) is 38.5 Å². The minimum absolute atomic E-state index is 0.156. The molecule has 2 aliphatic rings. The zero-order valence-electron chi connectivity index (χ0n) is 17.2. The SMILES string of the molecule is NC(=NCc1ccccc1CN1CCC(O)CC1)Nc1ccc2c(c1)OCCCO2. The van der Waals surface area contributed by atoms with Crippen LogP contribution in [0.4, 0.5) is 5.69 Å². The lowest BCUT2D eigenvalue weighted by Crippen LogP contribution is -2.35. The number of guanidine groups is 1. The maximum atomic E-state index is 9.71. The summed E-state index contributed by atoms with van der Waals surface area (Å²) in [5.41, 5.74) is 9.37. The van der Waals surface area contributed by atoms with Crippen molar-refractivity contribution >= 4 is 11.6 Å². The number of piperidine rings is 1. The van der Waals surface area contributed by atoms with Gasteiger partial charge in [-0.2, -0.15) is 0 Å². The number of hydrogen-bond donors (Lipinski definition) is 3. The van der Waals surface area contributed by atoms with Crippen molar-refractivity contribution in [3.05, 3.63) is 53.6 Å². The maximum Gasteiger partial charge on any atom is 0.193 e. The monoisotopic (exact) mass is 410 g/mol. The zero-order chi connectivity index (χ0) is 20.8. The second kappa shape index (κ2) is 9.82. The highest BCUT2D eigenvalue weighted by Gasteiger charge is 2.17. The molecule has 0 aromatic heterocycles. The van der Waals surface area contributed by atoms with Gasteiger partial charge in [-0.05, 0) is 36.1 Å². The Morgan fingerprint density at radius 2 is 1.80 bits per heavy atom. The van der Waals surface area contributed by atoms with Crippen LogP contribution in [0, 0.1) is 0 Å². The number of hydrogen-bond acceptors (Lipinski definition) is 5. The molecule has 0 atom stereocenters. The Morgan fingerprint density at radius 1 is 1.07 bits per heavy atom. The Bertz CT molecular complexity index is 879. The normalized spacial score (nSPS) is 18.1. The van der Waals surface area contributed by atoms with Gasteiger partial charge in [0.2, 0.25) is 0 Å². The molecule has 7 nitrogen and oxygen atoms in total. The number of nitrogens with two attached hydrogens (primary N) is 1.